The maximum atomic E-state index is 12.2. The Balaban J connectivity index is 1.45. The maximum Gasteiger partial charge on any atom is 0.220 e. The van der Waals surface area contributed by atoms with Gasteiger partial charge in [0.25, 0.3) is 0 Å². The summed E-state index contributed by atoms with van der Waals surface area (Å²) in [6.45, 7) is 2.84. The number of hydrogen-bond donors (Lipinski definition) is 3. The van der Waals surface area contributed by atoms with Gasteiger partial charge in [-0.05, 0) is 53.3 Å². The van der Waals surface area contributed by atoms with Crippen LogP contribution in [0.5, 0.6) is 0 Å². The molecule has 1 amide bonds. The second-order valence-corrected chi connectivity index (χ2v) is 10.2. The molecule has 0 spiro atoms. The van der Waals surface area contributed by atoms with Gasteiger partial charge >= 0.3 is 0 Å². The van der Waals surface area contributed by atoms with Crippen LogP contribution in [0.3, 0.4) is 0 Å². The Bertz CT molecular complexity index is 962. The van der Waals surface area contributed by atoms with E-state index in [9.17, 15) is 14.8 Å². The van der Waals surface area contributed by atoms with E-state index >= 15 is 0 Å². The molecule has 1 atom stereocenters. The standard InChI is InChI=1S/C30H48N5O4/c1-2-3-4-5-6-7-8-9-10-11-12-13-14-16-19-25(24-36)32-28(37)20-17-15-18-23-31-26-21-22-27(33-38)30-29(26)34-39-35-30/h14,16,19,21-22,25,31,36H,2-13,15,17-18,20,23-24H2,1H3,(H,32,37)/t25-/m1/s1. The van der Waals surface area contributed by atoms with Crippen molar-refractivity contribution in [3.05, 3.63) is 35.6 Å². The Morgan fingerprint density at radius 2 is 1.62 bits per heavy atom. The van der Waals surface area contributed by atoms with Gasteiger partial charge in [0.15, 0.2) is 11.0 Å². The number of unbranched alkanes of at least 4 members (excludes halogenated alkanes) is 13. The van der Waals surface area contributed by atoms with Crippen LogP contribution in [-0.2, 0) is 4.79 Å². The number of rotatable bonds is 24. The number of aliphatic hydroxyl groups is 1. The molecule has 3 N–H and O–H groups in total. The van der Waals surface area contributed by atoms with E-state index in [1.54, 1.807) is 12.1 Å². The Morgan fingerprint density at radius 3 is 2.31 bits per heavy atom. The first-order valence-electron chi connectivity index (χ1n) is 14.9. The normalized spacial score (nSPS) is 12.3. The highest BCUT2D eigenvalue weighted by Gasteiger charge is 2.12. The third-order valence-corrected chi connectivity index (χ3v) is 6.89. The number of benzene rings is 1. The number of carbonyl (C=O) groups excluding carboxylic acids is 1. The summed E-state index contributed by atoms with van der Waals surface area (Å²) in [5, 5.41) is 26.2. The van der Waals surface area contributed by atoms with Crippen LogP contribution in [0.2, 0.25) is 0 Å². The van der Waals surface area contributed by atoms with Gasteiger partial charge in [0.05, 0.1) is 18.3 Å². The number of aliphatic hydroxyl groups excluding tert-OH is 1. The molecule has 0 saturated heterocycles. The minimum Gasteiger partial charge on any atom is -0.394 e. The lowest BCUT2D eigenvalue weighted by atomic mass is 10.1. The number of anilines is 1. The molecule has 1 heterocycles. The minimum absolute atomic E-state index is 0.0515. The number of nitrogens with one attached hydrogen (secondary N) is 2. The number of hydrogen-bond acceptors (Lipinski definition) is 8. The molecule has 0 aliphatic carbocycles. The largest absolute Gasteiger partial charge is 0.394 e. The Hall–Kier alpha value is -2.81. The van der Waals surface area contributed by atoms with Crippen LogP contribution in [0.1, 0.15) is 110 Å². The van der Waals surface area contributed by atoms with E-state index in [2.05, 4.69) is 39.1 Å². The van der Waals surface area contributed by atoms with Gasteiger partial charge in [0, 0.05) is 19.4 Å². The van der Waals surface area contributed by atoms with Crippen LogP contribution < -0.4 is 10.6 Å². The third-order valence-electron chi connectivity index (χ3n) is 6.89. The first-order valence-corrected chi connectivity index (χ1v) is 14.9. The number of nitroso groups, excluding NO2 is 1. The van der Waals surface area contributed by atoms with Crippen molar-refractivity contribution in [1.82, 2.24) is 15.6 Å². The van der Waals surface area contributed by atoms with Crippen molar-refractivity contribution >= 4 is 28.3 Å². The molecule has 0 bridgehead atoms. The molecule has 0 fully saturated rings. The van der Waals surface area contributed by atoms with Crippen molar-refractivity contribution in [2.45, 2.75) is 116 Å². The van der Waals surface area contributed by atoms with Crippen LogP contribution >= 0.6 is 0 Å². The van der Waals surface area contributed by atoms with E-state index in [0.29, 0.717) is 24.0 Å². The fourth-order valence-electron chi connectivity index (χ4n) is 4.55. The summed E-state index contributed by atoms with van der Waals surface area (Å²) >= 11 is 0. The van der Waals surface area contributed by atoms with Gasteiger partial charge in [-0.3, -0.25) is 4.79 Å². The van der Waals surface area contributed by atoms with E-state index in [0.717, 1.165) is 31.4 Å². The van der Waals surface area contributed by atoms with Crippen molar-refractivity contribution in [3.63, 3.8) is 0 Å². The fraction of sp³-hybridized carbons (Fsp3) is 0.667. The van der Waals surface area contributed by atoms with Crippen molar-refractivity contribution in [2.75, 3.05) is 18.5 Å². The van der Waals surface area contributed by atoms with E-state index in [1.807, 2.05) is 12.5 Å². The lowest BCUT2D eigenvalue weighted by Gasteiger charge is -2.14. The lowest BCUT2D eigenvalue weighted by Crippen LogP contribution is -2.37. The summed E-state index contributed by atoms with van der Waals surface area (Å²) in [6.07, 6.45) is 24.6. The second kappa shape index (κ2) is 21.1. The van der Waals surface area contributed by atoms with Gasteiger partial charge in [-0.15, -0.1) is 4.91 Å². The van der Waals surface area contributed by atoms with Crippen LogP contribution in [0.15, 0.2) is 34.1 Å². The zero-order valence-corrected chi connectivity index (χ0v) is 23.7. The topological polar surface area (TPSA) is 130 Å². The van der Waals surface area contributed by atoms with Crippen LogP contribution in [0, 0.1) is 11.3 Å². The molecule has 39 heavy (non-hydrogen) atoms. The second-order valence-electron chi connectivity index (χ2n) is 10.2. The summed E-state index contributed by atoms with van der Waals surface area (Å²) in [6, 6.07) is 2.96. The van der Waals surface area contributed by atoms with E-state index < -0.39 is 0 Å². The van der Waals surface area contributed by atoms with Gasteiger partial charge in [-0.25, -0.2) is 4.63 Å². The van der Waals surface area contributed by atoms with Gasteiger partial charge in [-0.1, -0.05) is 89.7 Å². The van der Waals surface area contributed by atoms with Gasteiger partial charge < -0.3 is 15.7 Å². The van der Waals surface area contributed by atoms with Gasteiger partial charge in [0.1, 0.15) is 5.69 Å². The monoisotopic (exact) mass is 542 g/mol. The highest BCUT2D eigenvalue weighted by atomic mass is 16.6. The van der Waals surface area contributed by atoms with Gasteiger partial charge in [-0.2, -0.15) is 0 Å². The van der Waals surface area contributed by atoms with Gasteiger partial charge in [0.2, 0.25) is 5.91 Å². The molecule has 1 aromatic carbocycles. The minimum atomic E-state index is -0.352. The van der Waals surface area contributed by atoms with E-state index in [1.165, 1.54) is 70.6 Å². The molecular formula is C30H48N5O4. The zero-order valence-electron chi connectivity index (χ0n) is 23.7. The van der Waals surface area contributed by atoms with Crippen LogP contribution in [0.25, 0.3) is 11.0 Å². The quantitative estimate of drug-likeness (QED) is 0.0923. The molecule has 0 aliphatic rings. The highest BCUT2D eigenvalue weighted by molar-refractivity contribution is 5.94. The molecule has 2 rings (SSSR count). The predicted octanol–water partition coefficient (Wildman–Crippen LogP) is 7.53. The van der Waals surface area contributed by atoms with Crippen molar-refractivity contribution < 1.29 is 14.5 Å². The number of amides is 1. The summed E-state index contributed by atoms with van der Waals surface area (Å²) in [7, 11) is 0. The molecule has 217 valence electrons. The summed E-state index contributed by atoms with van der Waals surface area (Å²) in [4.78, 5) is 23.1. The number of nitrogens with zero attached hydrogens (tertiary/aromatic N) is 3. The van der Waals surface area contributed by atoms with E-state index in [-0.39, 0.29) is 24.2 Å². The summed E-state index contributed by atoms with van der Waals surface area (Å²) in [5.74, 6) is -0.0515. The molecule has 0 saturated carbocycles. The molecule has 9 heteroatoms. The maximum absolute atomic E-state index is 12.2. The molecular weight excluding hydrogens is 494 g/mol. The van der Waals surface area contributed by atoms with Crippen molar-refractivity contribution in [3.8, 4) is 0 Å². The Morgan fingerprint density at radius 1 is 0.949 bits per heavy atom. The van der Waals surface area contributed by atoms with Crippen molar-refractivity contribution in [1.29, 1.82) is 0 Å². The molecule has 2 aromatic rings. The van der Waals surface area contributed by atoms with Crippen LogP contribution in [0.4, 0.5) is 11.4 Å². The molecule has 0 unspecified atom stereocenters. The zero-order chi connectivity index (χ0) is 28.0. The lowest BCUT2D eigenvalue weighted by molar-refractivity contribution is -0.121. The number of aromatic nitrogens is 2. The third kappa shape index (κ3) is 13.7. The molecule has 1 aromatic heterocycles. The average Bonchev–Trinajstić information content (AvgIpc) is 3.45. The molecule has 9 nitrogen and oxygen atoms in total. The number of carbonyl (C=O) groups is 1. The fourth-order valence-corrected chi connectivity index (χ4v) is 4.55. The molecule has 0 aliphatic heterocycles. The smallest absolute Gasteiger partial charge is 0.220 e. The summed E-state index contributed by atoms with van der Waals surface area (Å²) in [5.41, 5.74) is 1.74. The number of allylic oxidation sites excluding steroid dienone is 1. The molecule has 1 radical (unpaired) electrons. The average molecular weight is 543 g/mol. The Kier molecular flexibility index (Phi) is 17.5. The summed E-state index contributed by atoms with van der Waals surface area (Å²) < 4.78 is 4.72. The number of fused-ring (bicyclic) bond motifs is 1. The first kappa shape index (κ1) is 32.4. The Labute approximate surface area is 233 Å². The highest BCUT2D eigenvalue weighted by Crippen LogP contribution is 2.29. The SMILES string of the molecule is CCCCCCCCCCCCCC=C[CH][C@H](CO)NC(=O)CCCCCNc1ccc(N=O)c2nonc12. The van der Waals surface area contributed by atoms with Crippen molar-refractivity contribution in [2.24, 2.45) is 5.18 Å². The van der Waals surface area contributed by atoms with Crippen LogP contribution in [-0.4, -0.2) is 40.5 Å². The first-order chi connectivity index (χ1) is 19.2. The predicted molar refractivity (Wildman–Crippen MR) is 158 cm³/mol. The van der Waals surface area contributed by atoms with E-state index in [4.69, 9.17) is 4.63 Å².